The molecule has 0 fully saturated rings. The van der Waals surface area contributed by atoms with Gasteiger partial charge in [-0.2, -0.15) is 0 Å². The topological polar surface area (TPSA) is 89.8 Å². The van der Waals surface area contributed by atoms with E-state index in [2.05, 4.69) is 43.5 Å². The highest BCUT2D eigenvalue weighted by Crippen LogP contribution is 2.19. The maximum Gasteiger partial charge on any atom is 0.222 e. The van der Waals surface area contributed by atoms with E-state index in [4.69, 9.17) is 0 Å². The van der Waals surface area contributed by atoms with E-state index in [9.17, 15) is 20.1 Å². The molecule has 0 aromatic heterocycles. The molecule has 0 spiro atoms. The quantitative estimate of drug-likeness (QED) is 0.0361. The summed E-state index contributed by atoms with van der Waals surface area (Å²) in [6.45, 7) is 4.25. The van der Waals surface area contributed by atoms with E-state index in [0.29, 0.717) is 6.42 Å². The van der Waals surface area contributed by atoms with E-state index in [1.54, 1.807) is 6.08 Å². The van der Waals surface area contributed by atoms with Crippen LogP contribution < -0.4 is 5.32 Å². The van der Waals surface area contributed by atoms with Crippen molar-refractivity contribution in [1.29, 1.82) is 0 Å². The lowest BCUT2D eigenvalue weighted by atomic mass is 10.0. The van der Waals surface area contributed by atoms with Crippen molar-refractivity contribution < 1.29 is 20.1 Å². The molecule has 0 radical (unpaired) electrons. The Morgan fingerprint density at radius 2 is 0.558 bits per heavy atom. The summed E-state index contributed by atoms with van der Waals surface area (Å²) in [6.07, 6.45) is 89.9. The van der Waals surface area contributed by atoms with Gasteiger partial charge in [-0.05, 0) is 44.9 Å². The molecule has 0 aliphatic carbocycles. The van der Waals surface area contributed by atoms with Gasteiger partial charge in [0.2, 0.25) is 5.91 Å². The first-order chi connectivity index (χ1) is 38.0. The molecule has 4 N–H and O–H groups in total. The van der Waals surface area contributed by atoms with Crippen molar-refractivity contribution in [3.8, 4) is 0 Å². The number of carbonyl (C=O) groups is 1. The number of amides is 1. The van der Waals surface area contributed by atoms with Gasteiger partial charge < -0.3 is 20.6 Å². The zero-order valence-corrected chi connectivity index (χ0v) is 52.4. The van der Waals surface area contributed by atoms with E-state index in [0.717, 1.165) is 38.5 Å². The monoisotopic (exact) mass is 1080 g/mol. The predicted molar refractivity (Wildman–Crippen MR) is 342 cm³/mol. The van der Waals surface area contributed by atoms with Crippen LogP contribution in [0.15, 0.2) is 36.5 Å². The highest BCUT2D eigenvalue weighted by molar-refractivity contribution is 5.76. The molecule has 0 rings (SSSR count). The summed E-state index contributed by atoms with van der Waals surface area (Å²) in [6, 6.07) is -0.768. The zero-order chi connectivity index (χ0) is 55.7. The number of rotatable bonds is 66. The Bertz CT molecular complexity index is 1200. The van der Waals surface area contributed by atoms with E-state index >= 15 is 0 Å². The molecule has 0 aliphatic rings. The standard InChI is InChI=1S/C72H139NO4/c1-3-5-7-9-11-13-15-17-19-21-23-25-27-29-30-31-32-33-34-35-36-37-38-39-40-42-43-45-47-49-51-53-55-57-59-61-63-65-69(75)67-72(77)73-70(68-74)71(76)66-64-62-60-58-56-54-52-50-48-46-44-41-28-26-24-22-20-18-16-14-12-10-8-6-4-2/h48,50,56,58,64,66,69-71,74-76H,3-47,49,51-55,57,59-63,65,67-68H2,1-2H3,(H,73,77)/b50-48+,58-56+,66-64+. The molecule has 0 saturated heterocycles. The van der Waals surface area contributed by atoms with Gasteiger partial charge in [0.05, 0.1) is 31.3 Å². The number of carbonyl (C=O) groups excluding carboxylic acids is 1. The van der Waals surface area contributed by atoms with Crippen molar-refractivity contribution in [2.24, 2.45) is 0 Å². The van der Waals surface area contributed by atoms with Crippen LogP contribution in [0.25, 0.3) is 0 Å². The minimum absolute atomic E-state index is 0.00608. The molecule has 456 valence electrons. The molecular weight excluding hydrogens is 943 g/mol. The minimum Gasteiger partial charge on any atom is -0.394 e. The zero-order valence-electron chi connectivity index (χ0n) is 52.4. The fraction of sp³-hybridized carbons (Fsp3) is 0.903. The normalized spacial score (nSPS) is 13.3. The Labute approximate surface area is 483 Å². The third-order valence-corrected chi connectivity index (χ3v) is 16.7. The van der Waals surface area contributed by atoms with E-state index in [-0.39, 0.29) is 18.9 Å². The Morgan fingerprint density at radius 3 is 0.831 bits per heavy atom. The summed E-state index contributed by atoms with van der Waals surface area (Å²) in [5, 5.41) is 33.6. The van der Waals surface area contributed by atoms with Crippen LogP contribution in [0, 0.1) is 0 Å². The summed E-state index contributed by atoms with van der Waals surface area (Å²) in [5.74, 6) is -0.322. The van der Waals surface area contributed by atoms with Crippen molar-refractivity contribution in [1.82, 2.24) is 5.32 Å². The van der Waals surface area contributed by atoms with Gasteiger partial charge >= 0.3 is 0 Å². The van der Waals surface area contributed by atoms with Gasteiger partial charge in [-0.1, -0.05) is 378 Å². The van der Waals surface area contributed by atoms with Gasteiger partial charge in [0, 0.05) is 0 Å². The van der Waals surface area contributed by atoms with Crippen LogP contribution in [0.2, 0.25) is 0 Å². The summed E-state index contributed by atoms with van der Waals surface area (Å²) in [7, 11) is 0. The van der Waals surface area contributed by atoms with Crippen LogP contribution in [0.5, 0.6) is 0 Å². The van der Waals surface area contributed by atoms with Gasteiger partial charge in [0.1, 0.15) is 0 Å². The van der Waals surface area contributed by atoms with Gasteiger partial charge in [-0.15, -0.1) is 0 Å². The largest absolute Gasteiger partial charge is 0.394 e. The molecule has 77 heavy (non-hydrogen) atoms. The first kappa shape index (κ1) is 75.6. The van der Waals surface area contributed by atoms with E-state index in [1.807, 2.05) is 6.08 Å². The van der Waals surface area contributed by atoms with Crippen molar-refractivity contribution >= 4 is 5.91 Å². The van der Waals surface area contributed by atoms with Gasteiger partial charge in [0.25, 0.3) is 0 Å². The number of hydrogen-bond acceptors (Lipinski definition) is 4. The third kappa shape index (κ3) is 63.6. The maximum atomic E-state index is 12.6. The summed E-state index contributed by atoms with van der Waals surface area (Å²) in [5.41, 5.74) is 0. The molecule has 0 aromatic carbocycles. The lowest BCUT2D eigenvalue weighted by Crippen LogP contribution is -2.45. The molecule has 0 saturated carbocycles. The van der Waals surface area contributed by atoms with Crippen molar-refractivity contribution in [3.63, 3.8) is 0 Å². The lowest BCUT2D eigenvalue weighted by Gasteiger charge is -2.21. The predicted octanol–water partition coefficient (Wildman–Crippen LogP) is 22.9. The number of hydrogen-bond donors (Lipinski definition) is 4. The first-order valence-electron chi connectivity index (χ1n) is 35.3. The van der Waals surface area contributed by atoms with E-state index < -0.39 is 18.2 Å². The number of allylic oxidation sites excluding steroid dienone is 5. The van der Waals surface area contributed by atoms with Crippen molar-refractivity contribution in [2.75, 3.05) is 6.61 Å². The Hall–Kier alpha value is -1.43. The fourth-order valence-corrected chi connectivity index (χ4v) is 11.3. The Morgan fingerprint density at radius 1 is 0.325 bits per heavy atom. The van der Waals surface area contributed by atoms with Gasteiger partial charge in [0.15, 0.2) is 0 Å². The second-order valence-electron chi connectivity index (χ2n) is 24.5. The third-order valence-electron chi connectivity index (χ3n) is 16.7. The molecule has 0 aromatic rings. The molecule has 3 unspecified atom stereocenters. The SMILES string of the molecule is CCCCCCCCCCCCCCCCC/C=C/CC/C=C/CC/C=C/C(O)C(CO)NC(=O)CC(O)CCCCCCCCCCCCCCCCCCCCCCCCCCCCCCCCCCCCCCC. The van der Waals surface area contributed by atoms with Gasteiger partial charge in [-0.25, -0.2) is 0 Å². The first-order valence-corrected chi connectivity index (χ1v) is 35.3. The lowest BCUT2D eigenvalue weighted by molar-refractivity contribution is -0.124. The Kier molecular flexibility index (Phi) is 65.8. The van der Waals surface area contributed by atoms with E-state index in [1.165, 1.54) is 327 Å². The number of aliphatic hydroxyl groups excluding tert-OH is 3. The second kappa shape index (κ2) is 67.1. The number of aliphatic hydroxyl groups is 3. The highest BCUT2D eigenvalue weighted by Gasteiger charge is 2.20. The number of nitrogens with one attached hydrogen (secondary N) is 1. The van der Waals surface area contributed by atoms with Gasteiger partial charge in [-0.3, -0.25) is 4.79 Å². The smallest absolute Gasteiger partial charge is 0.222 e. The van der Waals surface area contributed by atoms with Crippen LogP contribution in [-0.4, -0.2) is 46.1 Å². The van der Waals surface area contributed by atoms with Crippen LogP contribution in [0.3, 0.4) is 0 Å². The summed E-state index contributed by atoms with van der Waals surface area (Å²) < 4.78 is 0. The average molecular weight is 1080 g/mol. The molecule has 3 atom stereocenters. The minimum atomic E-state index is -0.961. The second-order valence-corrected chi connectivity index (χ2v) is 24.5. The van der Waals surface area contributed by atoms with Crippen LogP contribution >= 0.6 is 0 Å². The molecule has 1 amide bonds. The Balaban J connectivity index is 3.49. The van der Waals surface area contributed by atoms with Crippen LogP contribution in [0.1, 0.15) is 393 Å². The maximum absolute atomic E-state index is 12.6. The van der Waals surface area contributed by atoms with Crippen LogP contribution in [0.4, 0.5) is 0 Å². The molecule has 0 bridgehead atoms. The van der Waals surface area contributed by atoms with Crippen molar-refractivity contribution in [3.05, 3.63) is 36.5 Å². The molecular formula is C72H139NO4. The molecule has 5 heteroatoms. The molecule has 5 nitrogen and oxygen atoms in total. The fourth-order valence-electron chi connectivity index (χ4n) is 11.3. The average Bonchev–Trinajstić information content (AvgIpc) is 3.43. The summed E-state index contributed by atoms with van der Waals surface area (Å²) in [4.78, 5) is 12.6. The highest BCUT2D eigenvalue weighted by atomic mass is 16.3. The molecule has 0 aliphatic heterocycles. The van der Waals surface area contributed by atoms with Crippen LogP contribution in [-0.2, 0) is 4.79 Å². The van der Waals surface area contributed by atoms with Crippen molar-refractivity contribution in [2.45, 2.75) is 411 Å². The number of unbranched alkanes of at least 4 members (excludes halogenated alkanes) is 53. The molecule has 0 heterocycles. The summed E-state index contributed by atoms with van der Waals surface area (Å²) >= 11 is 0.